The molecule has 1 rings (SSSR count). The first kappa shape index (κ1) is 16.9. The zero-order valence-corrected chi connectivity index (χ0v) is 13.2. The lowest BCUT2D eigenvalue weighted by molar-refractivity contribution is -0.194. The Morgan fingerprint density at radius 2 is 1.58 bits per heavy atom. The molecule has 5 heteroatoms. The number of methoxy groups -OCH3 is 2. The fourth-order valence-corrected chi connectivity index (χ4v) is 3.01. The van der Waals surface area contributed by atoms with E-state index in [-0.39, 0.29) is 23.5 Å². The van der Waals surface area contributed by atoms with Gasteiger partial charge in [0.1, 0.15) is 0 Å². The highest BCUT2D eigenvalue weighted by atomic mass is 16.7. The highest BCUT2D eigenvalue weighted by Gasteiger charge is 2.40. The molecule has 1 saturated heterocycles. The molecule has 0 amide bonds. The van der Waals surface area contributed by atoms with Crippen molar-refractivity contribution in [2.45, 2.75) is 57.6 Å². The van der Waals surface area contributed by atoms with Crippen molar-refractivity contribution in [2.75, 3.05) is 33.9 Å². The van der Waals surface area contributed by atoms with Crippen LogP contribution in [0.2, 0.25) is 0 Å². The third-order valence-corrected chi connectivity index (χ3v) is 3.50. The van der Waals surface area contributed by atoms with Crippen LogP contribution in [0.15, 0.2) is 0 Å². The van der Waals surface area contributed by atoms with Gasteiger partial charge in [0.25, 0.3) is 0 Å². The van der Waals surface area contributed by atoms with Crippen molar-refractivity contribution in [1.29, 1.82) is 0 Å². The minimum absolute atomic E-state index is 0.162. The van der Waals surface area contributed by atoms with E-state index in [0.29, 0.717) is 6.54 Å². The lowest BCUT2D eigenvalue weighted by Crippen LogP contribution is -2.61. The normalized spacial score (nSPS) is 24.6. The van der Waals surface area contributed by atoms with Crippen molar-refractivity contribution >= 4 is 0 Å². The molecule has 0 spiro atoms. The van der Waals surface area contributed by atoms with Gasteiger partial charge in [0.2, 0.25) is 0 Å². The van der Waals surface area contributed by atoms with Crippen molar-refractivity contribution in [3.63, 3.8) is 0 Å². The SMILES string of the molecule is COC(CC(CN)N1CC(C)(C)OC(C)(C)C1)OC. The third-order valence-electron chi connectivity index (χ3n) is 3.50. The Hall–Kier alpha value is -0.200. The lowest BCUT2D eigenvalue weighted by Gasteiger charge is -2.49. The minimum atomic E-state index is -0.206. The topological polar surface area (TPSA) is 57.0 Å². The summed E-state index contributed by atoms with van der Waals surface area (Å²) in [6.45, 7) is 10.8. The summed E-state index contributed by atoms with van der Waals surface area (Å²) < 4.78 is 16.7. The van der Waals surface area contributed by atoms with E-state index in [2.05, 4.69) is 32.6 Å². The van der Waals surface area contributed by atoms with E-state index in [0.717, 1.165) is 19.5 Å². The first-order chi connectivity index (χ1) is 8.73. The fraction of sp³-hybridized carbons (Fsp3) is 1.00. The first-order valence-corrected chi connectivity index (χ1v) is 6.93. The summed E-state index contributed by atoms with van der Waals surface area (Å²) >= 11 is 0. The van der Waals surface area contributed by atoms with Gasteiger partial charge in [-0.05, 0) is 27.7 Å². The van der Waals surface area contributed by atoms with Crippen LogP contribution in [0, 0.1) is 0 Å². The molecule has 0 aromatic heterocycles. The fourth-order valence-electron chi connectivity index (χ4n) is 3.01. The van der Waals surface area contributed by atoms with E-state index < -0.39 is 0 Å². The molecule has 0 bridgehead atoms. The molecular formula is C14H30N2O3. The molecule has 1 aliphatic heterocycles. The molecule has 1 fully saturated rings. The molecule has 1 atom stereocenters. The Balaban J connectivity index is 2.74. The second kappa shape index (κ2) is 6.50. The van der Waals surface area contributed by atoms with Gasteiger partial charge in [0, 0.05) is 46.3 Å². The van der Waals surface area contributed by atoms with E-state index in [9.17, 15) is 0 Å². The average Bonchev–Trinajstić information content (AvgIpc) is 2.26. The number of hydrogen-bond acceptors (Lipinski definition) is 5. The summed E-state index contributed by atoms with van der Waals surface area (Å²) in [6, 6.07) is 0.243. The van der Waals surface area contributed by atoms with E-state index >= 15 is 0 Å². The molecule has 2 N–H and O–H groups in total. The van der Waals surface area contributed by atoms with Crippen LogP contribution in [0.4, 0.5) is 0 Å². The zero-order valence-electron chi connectivity index (χ0n) is 13.2. The minimum Gasteiger partial charge on any atom is -0.367 e. The van der Waals surface area contributed by atoms with E-state index in [1.54, 1.807) is 14.2 Å². The van der Waals surface area contributed by atoms with Gasteiger partial charge in [-0.3, -0.25) is 4.90 Å². The van der Waals surface area contributed by atoms with E-state index in [1.165, 1.54) is 0 Å². The van der Waals surface area contributed by atoms with Crippen LogP contribution in [0.1, 0.15) is 34.1 Å². The first-order valence-electron chi connectivity index (χ1n) is 6.93. The standard InChI is InChI=1S/C14H30N2O3/c1-13(2)9-16(10-14(3,4)19-13)11(8-15)7-12(17-5)18-6/h11-12H,7-10,15H2,1-6H3. The summed E-state index contributed by atoms with van der Waals surface area (Å²) in [5.74, 6) is 0. The van der Waals surface area contributed by atoms with Gasteiger partial charge >= 0.3 is 0 Å². The molecule has 0 aromatic carbocycles. The smallest absolute Gasteiger partial charge is 0.158 e. The van der Waals surface area contributed by atoms with Crippen LogP contribution < -0.4 is 5.73 Å². The number of morpholine rings is 1. The van der Waals surface area contributed by atoms with Crippen LogP contribution in [0.3, 0.4) is 0 Å². The van der Waals surface area contributed by atoms with Gasteiger partial charge < -0.3 is 19.9 Å². The third kappa shape index (κ3) is 5.00. The molecule has 1 unspecified atom stereocenters. The summed E-state index contributed by atoms with van der Waals surface area (Å²) in [7, 11) is 3.32. The summed E-state index contributed by atoms with van der Waals surface area (Å²) in [6.07, 6.45) is 0.568. The maximum Gasteiger partial charge on any atom is 0.158 e. The maximum absolute atomic E-state index is 6.10. The Labute approximate surface area is 117 Å². The Kier molecular flexibility index (Phi) is 5.77. The van der Waals surface area contributed by atoms with Crippen molar-refractivity contribution < 1.29 is 14.2 Å². The molecule has 0 aliphatic carbocycles. The highest BCUT2D eigenvalue weighted by molar-refractivity contribution is 4.92. The number of ether oxygens (including phenoxy) is 3. The zero-order chi connectivity index (χ0) is 14.7. The van der Waals surface area contributed by atoms with Gasteiger partial charge in [0.15, 0.2) is 6.29 Å². The molecule has 0 radical (unpaired) electrons. The van der Waals surface area contributed by atoms with Crippen molar-refractivity contribution in [1.82, 2.24) is 4.90 Å². The average molecular weight is 274 g/mol. The van der Waals surface area contributed by atoms with Crippen LogP contribution in [0.25, 0.3) is 0 Å². The number of nitrogens with two attached hydrogens (primary N) is 1. The Morgan fingerprint density at radius 3 is 1.95 bits per heavy atom. The summed E-state index contributed by atoms with van der Waals surface area (Å²) in [5, 5.41) is 0. The van der Waals surface area contributed by atoms with E-state index in [1.807, 2.05) is 0 Å². The van der Waals surface area contributed by atoms with Crippen molar-refractivity contribution in [3.8, 4) is 0 Å². The van der Waals surface area contributed by atoms with Crippen LogP contribution >= 0.6 is 0 Å². The van der Waals surface area contributed by atoms with Crippen LogP contribution in [-0.2, 0) is 14.2 Å². The molecule has 114 valence electrons. The Morgan fingerprint density at radius 1 is 1.11 bits per heavy atom. The van der Waals surface area contributed by atoms with Gasteiger partial charge in [-0.2, -0.15) is 0 Å². The van der Waals surface area contributed by atoms with Crippen molar-refractivity contribution in [3.05, 3.63) is 0 Å². The van der Waals surface area contributed by atoms with Crippen LogP contribution in [0.5, 0.6) is 0 Å². The molecule has 5 nitrogen and oxygen atoms in total. The summed E-state index contributed by atoms with van der Waals surface area (Å²) in [4.78, 5) is 2.40. The second-order valence-corrected chi connectivity index (χ2v) is 6.55. The summed E-state index contributed by atoms with van der Waals surface area (Å²) in [5.41, 5.74) is 5.62. The van der Waals surface area contributed by atoms with Crippen molar-refractivity contribution in [2.24, 2.45) is 5.73 Å². The van der Waals surface area contributed by atoms with Gasteiger partial charge in [0.05, 0.1) is 11.2 Å². The monoisotopic (exact) mass is 274 g/mol. The largest absolute Gasteiger partial charge is 0.367 e. The number of hydrogen-bond donors (Lipinski definition) is 1. The van der Waals surface area contributed by atoms with Gasteiger partial charge in [-0.25, -0.2) is 0 Å². The van der Waals surface area contributed by atoms with Crippen LogP contribution in [-0.4, -0.2) is 62.3 Å². The molecule has 19 heavy (non-hydrogen) atoms. The highest BCUT2D eigenvalue weighted by Crippen LogP contribution is 2.30. The maximum atomic E-state index is 6.10. The predicted octanol–water partition coefficient (Wildman–Crippen LogP) is 1.21. The molecular weight excluding hydrogens is 244 g/mol. The quantitative estimate of drug-likeness (QED) is 0.738. The number of nitrogens with zero attached hydrogens (tertiary/aromatic N) is 1. The lowest BCUT2D eigenvalue weighted by atomic mass is 9.96. The van der Waals surface area contributed by atoms with Gasteiger partial charge in [-0.15, -0.1) is 0 Å². The molecule has 1 heterocycles. The predicted molar refractivity (Wildman–Crippen MR) is 76.1 cm³/mol. The van der Waals surface area contributed by atoms with Gasteiger partial charge in [-0.1, -0.05) is 0 Å². The number of rotatable bonds is 6. The molecule has 0 saturated carbocycles. The Bertz CT molecular complexity index is 262. The molecule has 0 aromatic rings. The van der Waals surface area contributed by atoms with E-state index in [4.69, 9.17) is 19.9 Å². The second-order valence-electron chi connectivity index (χ2n) is 6.55. The molecule has 1 aliphatic rings.